The van der Waals surface area contributed by atoms with E-state index in [0.29, 0.717) is 16.3 Å². The van der Waals surface area contributed by atoms with Gasteiger partial charge in [-0.1, -0.05) is 43.6 Å². The normalized spacial score (nSPS) is 17.7. The van der Waals surface area contributed by atoms with Gasteiger partial charge in [0.05, 0.1) is 17.6 Å². The van der Waals surface area contributed by atoms with Gasteiger partial charge in [0.2, 0.25) is 23.5 Å². The number of ketones is 2. The maximum absolute atomic E-state index is 14.0. The minimum Gasteiger partial charge on any atom is -0.454 e. The van der Waals surface area contributed by atoms with Crippen LogP contribution in [0.1, 0.15) is 48.2 Å². The molecule has 2 saturated carbocycles. The standard InChI is InChI=1S/C37H36ClF5N8O4/c1-35(2,17-45-28-27(29(52)30(28)53)44-16-21-3-10-24(39)15-26(21)40)18-46-31(54)20-4-11-25(12-5-20)47-32-48-33(50-34(49-32)55-19-37(41,42)43)51-36(13-14-36)22-6-8-23(38)9-7-22/h3-12,15,27-28,44-45H,13-14,16-19H2,1-2H3,(H,46,54)(H2,47,48,49,50,51). The van der Waals surface area contributed by atoms with Crippen LogP contribution in [0.5, 0.6) is 6.01 Å². The minimum atomic E-state index is -4.62. The predicted molar refractivity (Wildman–Crippen MR) is 192 cm³/mol. The number of benzene rings is 3. The number of amides is 1. The Morgan fingerprint density at radius 2 is 1.53 bits per heavy atom. The van der Waals surface area contributed by atoms with Gasteiger partial charge in [-0.25, -0.2) is 8.78 Å². The SMILES string of the molecule is CC(C)(CNC(=O)c1ccc(Nc2nc(NC3(c4ccc(Cl)cc4)CC3)nc(OCC(F)(F)F)n2)cc1)CNC1C(=O)C(=O)C1NCc1ccc(F)cc1F. The highest BCUT2D eigenvalue weighted by Crippen LogP contribution is 2.48. The van der Waals surface area contributed by atoms with E-state index in [-0.39, 0.29) is 37.1 Å². The smallest absolute Gasteiger partial charge is 0.422 e. The van der Waals surface area contributed by atoms with Gasteiger partial charge < -0.3 is 31.3 Å². The first kappa shape index (κ1) is 39.4. The van der Waals surface area contributed by atoms with Gasteiger partial charge >= 0.3 is 12.2 Å². The molecule has 0 radical (unpaired) electrons. The Bertz CT molecular complexity index is 2060. The molecule has 12 nitrogen and oxygen atoms in total. The van der Waals surface area contributed by atoms with Crippen LogP contribution in [0.3, 0.4) is 0 Å². The van der Waals surface area contributed by atoms with Crippen LogP contribution in [0.15, 0.2) is 66.7 Å². The van der Waals surface area contributed by atoms with Crippen molar-refractivity contribution in [1.82, 2.24) is 30.9 Å². The van der Waals surface area contributed by atoms with E-state index in [1.54, 1.807) is 24.3 Å². The van der Waals surface area contributed by atoms with E-state index in [2.05, 4.69) is 41.5 Å². The van der Waals surface area contributed by atoms with Crippen molar-refractivity contribution in [3.8, 4) is 6.01 Å². The number of hydrogen-bond donors (Lipinski definition) is 5. The summed E-state index contributed by atoms with van der Waals surface area (Å²) >= 11 is 6.03. The zero-order valence-electron chi connectivity index (χ0n) is 29.5. The van der Waals surface area contributed by atoms with Crippen LogP contribution in [0.4, 0.5) is 39.5 Å². The van der Waals surface area contributed by atoms with Gasteiger partial charge in [0, 0.05) is 47.5 Å². The summed E-state index contributed by atoms with van der Waals surface area (Å²) in [5, 5.41) is 15.4. The summed E-state index contributed by atoms with van der Waals surface area (Å²) in [7, 11) is 0. The second-order valence-electron chi connectivity index (χ2n) is 14.1. The van der Waals surface area contributed by atoms with E-state index in [9.17, 15) is 36.3 Å². The van der Waals surface area contributed by atoms with Gasteiger partial charge in [-0.15, -0.1) is 0 Å². The van der Waals surface area contributed by atoms with Crippen molar-refractivity contribution in [2.45, 2.75) is 57.0 Å². The molecule has 2 fully saturated rings. The third kappa shape index (κ3) is 10.1. The molecule has 1 heterocycles. The number of carbonyl (C=O) groups is 3. The van der Waals surface area contributed by atoms with Gasteiger partial charge in [-0.2, -0.15) is 28.1 Å². The molecule has 0 aliphatic heterocycles. The van der Waals surface area contributed by atoms with Crippen molar-refractivity contribution in [2.75, 3.05) is 30.3 Å². The van der Waals surface area contributed by atoms with Crippen LogP contribution in [0.25, 0.3) is 0 Å². The van der Waals surface area contributed by atoms with Crippen molar-refractivity contribution in [2.24, 2.45) is 5.41 Å². The molecule has 6 rings (SSSR count). The molecule has 2 aliphatic carbocycles. The number of hydrogen-bond acceptors (Lipinski definition) is 11. The van der Waals surface area contributed by atoms with E-state index in [4.69, 9.17) is 16.3 Å². The Kier molecular flexibility index (Phi) is 11.4. The van der Waals surface area contributed by atoms with E-state index in [1.807, 2.05) is 26.0 Å². The lowest BCUT2D eigenvalue weighted by Crippen LogP contribution is -2.70. The summed E-state index contributed by atoms with van der Waals surface area (Å²) in [5.74, 6) is -3.27. The third-order valence-electron chi connectivity index (χ3n) is 9.08. The zero-order valence-corrected chi connectivity index (χ0v) is 30.2. The molecule has 0 bridgehead atoms. The zero-order chi connectivity index (χ0) is 39.5. The summed E-state index contributed by atoms with van der Waals surface area (Å²) in [6.45, 7) is 2.43. The molecule has 2 aliphatic rings. The second kappa shape index (κ2) is 15.8. The molecule has 0 spiro atoms. The lowest BCUT2D eigenvalue weighted by molar-refractivity contribution is -0.154. The highest BCUT2D eigenvalue weighted by atomic mass is 35.5. The van der Waals surface area contributed by atoms with Crippen LogP contribution >= 0.6 is 11.6 Å². The fraction of sp³-hybridized carbons (Fsp3) is 0.351. The largest absolute Gasteiger partial charge is 0.454 e. The molecule has 4 aromatic rings. The molecule has 2 unspecified atom stereocenters. The Morgan fingerprint density at radius 1 is 0.873 bits per heavy atom. The van der Waals surface area contributed by atoms with E-state index < -0.39 is 70.9 Å². The fourth-order valence-corrected chi connectivity index (χ4v) is 5.92. The Morgan fingerprint density at radius 3 is 2.16 bits per heavy atom. The maximum atomic E-state index is 14.0. The monoisotopic (exact) mass is 786 g/mol. The van der Waals surface area contributed by atoms with Gasteiger partial charge in [-0.05, 0) is 66.3 Å². The molecule has 18 heteroatoms. The van der Waals surface area contributed by atoms with E-state index >= 15 is 0 Å². The Balaban J connectivity index is 1.03. The molecular weight excluding hydrogens is 751 g/mol. The molecule has 5 N–H and O–H groups in total. The lowest BCUT2D eigenvalue weighted by Gasteiger charge is -2.37. The van der Waals surface area contributed by atoms with Crippen LogP contribution in [-0.2, 0) is 21.7 Å². The van der Waals surface area contributed by atoms with Crippen molar-refractivity contribution in [3.05, 3.63) is 100 Å². The summed E-state index contributed by atoms with van der Waals surface area (Å²) in [5.41, 5.74) is 0.661. The van der Waals surface area contributed by atoms with Crippen LogP contribution < -0.4 is 31.3 Å². The molecule has 1 amide bonds. The highest BCUT2D eigenvalue weighted by Gasteiger charge is 2.49. The summed E-state index contributed by atoms with van der Waals surface area (Å²) in [6.07, 6.45) is -3.17. The number of Topliss-reactive ketones (excluding diaryl/α,β-unsaturated/α-hetero) is 2. The summed E-state index contributed by atoms with van der Waals surface area (Å²) in [6, 6.07) is 14.2. The van der Waals surface area contributed by atoms with Crippen molar-refractivity contribution in [1.29, 1.82) is 0 Å². The van der Waals surface area contributed by atoms with Crippen molar-refractivity contribution in [3.63, 3.8) is 0 Å². The average molecular weight is 787 g/mol. The van der Waals surface area contributed by atoms with Crippen LogP contribution in [-0.4, -0.2) is 70.4 Å². The number of rotatable bonds is 16. The predicted octanol–water partition coefficient (Wildman–Crippen LogP) is 5.61. The second-order valence-corrected chi connectivity index (χ2v) is 14.6. The number of nitrogens with one attached hydrogen (secondary N) is 5. The topological polar surface area (TPSA) is 159 Å². The van der Waals surface area contributed by atoms with Crippen molar-refractivity contribution >= 4 is 46.7 Å². The minimum absolute atomic E-state index is 0.00401. The number of anilines is 3. The van der Waals surface area contributed by atoms with E-state index in [1.165, 1.54) is 18.2 Å². The number of aromatic nitrogens is 3. The third-order valence-corrected chi connectivity index (χ3v) is 9.33. The molecule has 0 saturated heterocycles. The number of halogens is 6. The van der Waals surface area contributed by atoms with Gasteiger partial charge in [-0.3, -0.25) is 14.4 Å². The molecule has 290 valence electrons. The van der Waals surface area contributed by atoms with Crippen LogP contribution in [0.2, 0.25) is 5.02 Å². The highest BCUT2D eigenvalue weighted by molar-refractivity contribution is 6.49. The first-order valence-electron chi connectivity index (χ1n) is 17.1. The maximum Gasteiger partial charge on any atom is 0.422 e. The van der Waals surface area contributed by atoms with E-state index in [0.717, 1.165) is 30.5 Å². The number of ether oxygens (including phenoxy) is 1. The van der Waals surface area contributed by atoms with Crippen LogP contribution in [0, 0.1) is 17.0 Å². The number of alkyl halides is 3. The molecular formula is C37H36ClF5N8O4. The Labute approximate surface area is 317 Å². The first-order chi connectivity index (χ1) is 26.0. The molecule has 3 aromatic carbocycles. The molecule has 55 heavy (non-hydrogen) atoms. The van der Waals surface area contributed by atoms with Gasteiger partial charge in [0.25, 0.3) is 5.91 Å². The fourth-order valence-electron chi connectivity index (χ4n) is 5.80. The number of nitrogens with zero attached hydrogens (tertiary/aromatic N) is 3. The first-order valence-corrected chi connectivity index (χ1v) is 17.5. The summed E-state index contributed by atoms with van der Waals surface area (Å²) < 4.78 is 71.0. The quantitative estimate of drug-likeness (QED) is 0.0710. The van der Waals surface area contributed by atoms with Gasteiger partial charge in [0.15, 0.2) is 6.61 Å². The molecule has 1 aromatic heterocycles. The van der Waals surface area contributed by atoms with Gasteiger partial charge in [0.1, 0.15) is 11.6 Å². The molecule has 2 atom stereocenters. The average Bonchev–Trinajstić information content (AvgIpc) is 3.91. The number of carbonyl (C=O) groups excluding carboxylic acids is 3. The van der Waals surface area contributed by atoms with Crippen molar-refractivity contribution < 1.29 is 41.1 Å². The lowest BCUT2D eigenvalue weighted by atomic mass is 9.81. The summed E-state index contributed by atoms with van der Waals surface area (Å²) in [4.78, 5) is 50.0. The Hall–Kier alpha value is -5.26.